The van der Waals surface area contributed by atoms with E-state index in [1.165, 1.54) is 6.92 Å². The van der Waals surface area contributed by atoms with Gasteiger partial charge >= 0.3 is 11.8 Å². The summed E-state index contributed by atoms with van der Waals surface area (Å²) in [4.78, 5) is 12.0. The number of furan rings is 1. The van der Waals surface area contributed by atoms with Gasteiger partial charge in [-0.15, -0.1) is 5.34 Å². The highest BCUT2D eigenvalue weighted by Crippen LogP contribution is 2.27. The highest BCUT2D eigenvalue weighted by molar-refractivity contribution is 5.97. The first-order chi connectivity index (χ1) is 8.43. The summed E-state index contributed by atoms with van der Waals surface area (Å²) in [6, 6.07) is 0. The van der Waals surface area contributed by atoms with E-state index in [1.54, 1.807) is 0 Å². The van der Waals surface area contributed by atoms with Gasteiger partial charge in [0.25, 0.3) is 0 Å². The summed E-state index contributed by atoms with van der Waals surface area (Å²) < 4.78 is 5.14. The first kappa shape index (κ1) is 13.0. The predicted molar refractivity (Wildman–Crippen MR) is 54.7 cm³/mol. The Morgan fingerprint density at radius 1 is 1.39 bits per heavy atom. The predicted octanol–water partition coefficient (Wildman–Crippen LogP) is -1.93. The van der Waals surface area contributed by atoms with Crippen molar-refractivity contribution in [3.05, 3.63) is 27.3 Å². The fourth-order valence-electron chi connectivity index (χ4n) is 2.05. The number of quaternary nitrogens is 2. The third kappa shape index (κ3) is 1.99. The van der Waals surface area contributed by atoms with Gasteiger partial charge in [-0.2, -0.15) is 15.4 Å². The maximum absolute atomic E-state index is 12.0. The van der Waals surface area contributed by atoms with Crippen LogP contribution in [0.1, 0.15) is 28.1 Å². The largest absolute Gasteiger partial charge is 0.592 e. The van der Waals surface area contributed by atoms with Gasteiger partial charge in [0.05, 0.1) is 17.7 Å². The van der Waals surface area contributed by atoms with E-state index in [0.717, 1.165) is 0 Å². The van der Waals surface area contributed by atoms with Crippen LogP contribution in [0.5, 0.6) is 0 Å². The second-order valence-corrected chi connectivity index (χ2v) is 4.00. The van der Waals surface area contributed by atoms with E-state index < -0.39 is 16.5 Å². The topological polar surface area (TPSA) is 129 Å². The molecule has 0 bridgehead atoms. The molecule has 18 heavy (non-hydrogen) atoms. The molecule has 0 spiro atoms. The smallest absolute Gasteiger partial charge is 0.332 e. The third-order valence-electron chi connectivity index (χ3n) is 2.89. The summed E-state index contributed by atoms with van der Waals surface area (Å²) in [5.41, 5.74) is 0.239. The van der Waals surface area contributed by atoms with Gasteiger partial charge in [-0.3, -0.25) is 4.79 Å². The van der Waals surface area contributed by atoms with Gasteiger partial charge in [-0.05, 0) is 13.3 Å². The molecule has 9 nitrogen and oxygen atoms in total. The molecule has 0 radical (unpaired) electrons. The number of amides is 1. The molecule has 1 aromatic heterocycles. The van der Waals surface area contributed by atoms with Gasteiger partial charge in [0.1, 0.15) is 5.76 Å². The van der Waals surface area contributed by atoms with E-state index in [4.69, 9.17) is 14.8 Å². The molecular weight excluding hydrogens is 246 g/mol. The minimum absolute atomic E-state index is 0.0623. The number of aryl methyl sites for hydroxylation is 1. The number of nitrogens with zero attached hydrogens (tertiary/aromatic N) is 1. The second-order valence-electron chi connectivity index (χ2n) is 4.00. The van der Waals surface area contributed by atoms with Gasteiger partial charge in [-0.1, -0.05) is 0 Å². The monoisotopic (exact) mass is 259 g/mol. The standard InChI is InChI=1S/C9H13N3O6/c1-5-7-6(18-9(5)11(14)15)3-2-4-10(8(7)13)12(16)17/h11-12,14,16H,2-4H2,1H3. The zero-order valence-corrected chi connectivity index (χ0v) is 9.60. The van der Waals surface area contributed by atoms with E-state index in [-0.39, 0.29) is 29.3 Å². The van der Waals surface area contributed by atoms with E-state index in [2.05, 4.69) is 0 Å². The van der Waals surface area contributed by atoms with E-state index in [1.807, 2.05) is 0 Å². The zero-order chi connectivity index (χ0) is 13.4. The van der Waals surface area contributed by atoms with Crippen molar-refractivity contribution < 1.29 is 30.2 Å². The van der Waals surface area contributed by atoms with Gasteiger partial charge in [0.15, 0.2) is 0 Å². The molecule has 2 heterocycles. The van der Waals surface area contributed by atoms with Crippen LogP contribution in [0.3, 0.4) is 0 Å². The number of hydrogen-bond donors (Lipinski definition) is 4. The van der Waals surface area contributed by atoms with Crippen molar-refractivity contribution in [1.82, 2.24) is 5.01 Å². The zero-order valence-electron chi connectivity index (χ0n) is 9.60. The van der Waals surface area contributed by atoms with Crippen molar-refractivity contribution in [3.8, 4) is 0 Å². The number of fused-ring (bicyclic) bond motifs is 1. The number of carbonyl (C=O) groups is 1. The minimum Gasteiger partial charge on any atom is -0.592 e. The molecule has 0 aromatic carbocycles. The normalized spacial score (nSPS) is 19.4. The molecule has 4 N–H and O–H groups in total. The molecule has 1 aromatic rings. The minimum atomic E-state index is -1.34. The molecular formula is C9H13N3O6. The Kier molecular flexibility index (Phi) is 3.34. The maximum Gasteiger partial charge on any atom is 0.332 e. The van der Waals surface area contributed by atoms with Gasteiger partial charge < -0.3 is 14.8 Å². The molecule has 100 valence electrons. The lowest BCUT2D eigenvalue weighted by atomic mass is 10.1. The van der Waals surface area contributed by atoms with Crippen molar-refractivity contribution in [1.29, 1.82) is 0 Å². The fourth-order valence-corrected chi connectivity index (χ4v) is 2.05. The van der Waals surface area contributed by atoms with Crippen molar-refractivity contribution in [2.75, 3.05) is 6.54 Å². The average molecular weight is 259 g/mol. The van der Waals surface area contributed by atoms with E-state index >= 15 is 0 Å². The Hall–Kier alpha value is -1.49. The van der Waals surface area contributed by atoms with Crippen LogP contribution in [-0.2, 0) is 6.42 Å². The molecule has 1 aliphatic rings. The van der Waals surface area contributed by atoms with Gasteiger partial charge in [0.2, 0.25) is 0 Å². The van der Waals surface area contributed by atoms with Crippen LogP contribution in [0.15, 0.2) is 4.42 Å². The van der Waals surface area contributed by atoms with Crippen LogP contribution in [-0.4, -0.2) is 27.9 Å². The van der Waals surface area contributed by atoms with E-state index in [9.17, 15) is 15.2 Å². The van der Waals surface area contributed by atoms with Crippen molar-refractivity contribution in [3.63, 3.8) is 0 Å². The van der Waals surface area contributed by atoms with Crippen LogP contribution in [0.2, 0.25) is 0 Å². The maximum atomic E-state index is 12.0. The van der Waals surface area contributed by atoms with E-state index in [0.29, 0.717) is 17.9 Å². The number of rotatable bonds is 2. The van der Waals surface area contributed by atoms with Crippen molar-refractivity contribution in [2.45, 2.75) is 19.8 Å². The highest BCUT2D eigenvalue weighted by atomic mass is 16.8. The van der Waals surface area contributed by atoms with Crippen LogP contribution in [0.25, 0.3) is 0 Å². The Morgan fingerprint density at radius 3 is 2.61 bits per heavy atom. The fraction of sp³-hybridized carbons (Fsp3) is 0.444. The molecule has 1 amide bonds. The lowest BCUT2D eigenvalue weighted by molar-refractivity contribution is -1.13. The lowest BCUT2D eigenvalue weighted by Crippen LogP contribution is -3.12. The molecule has 9 heteroatoms. The van der Waals surface area contributed by atoms with Crippen molar-refractivity contribution in [2.24, 2.45) is 0 Å². The summed E-state index contributed by atoms with van der Waals surface area (Å²) in [6.07, 6.45) is 0.760. The Morgan fingerprint density at radius 2 is 2.06 bits per heavy atom. The molecule has 0 fully saturated rings. The summed E-state index contributed by atoms with van der Waals surface area (Å²) in [6.45, 7) is 1.52. The second kappa shape index (κ2) is 4.65. The summed E-state index contributed by atoms with van der Waals surface area (Å²) in [7, 11) is 0. The van der Waals surface area contributed by atoms with Crippen LogP contribution >= 0.6 is 0 Å². The molecule has 0 aliphatic carbocycles. The average Bonchev–Trinajstić information content (AvgIpc) is 2.50. The molecule has 1 aliphatic heterocycles. The number of nitrogens with one attached hydrogen (secondary N) is 2. The number of hydrogen-bond acceptors (Lipinski definition) is 6. The summed E-state index contributed by atoms with van der Waals surface area (Å²) in [5.74, 6) is -0.775. The summed E-state index contributed by atoms with van der Waals surface area (Å²) >= 11 is 0. The Bertz CT molecular complexity index is 469. The quantitative estimate of drug-likeness (QED) is 0.458. The summed E-state index contributed by atoms with van der Waals surface area (Å²) in [5, 5.41) is 37.8. The molecule has 0 saturated heterocycles. The SMILES string of the molecule is Cc1c([NH+]([O-])O)oc2c1C(=O)N([NH+]([O-])O)CCC2. The first-order valence-electron chi connectivity index (χ1n) is 5.33. The Balaban J connectivity index is 2.48. The van der Waals surface area contributed by atoms with Crippen LogP contribution in [0, 0.1) is 17.3 Å². The first-order valence-corrected chi connectivity index (χ1v) is 5.33. The van der Waals surface area contributed by atoms with Gasteiger partial charge in [-0.25, -0.2) is 5.21 Å². The molecule has 0 saturated carbocycles. The molecule has 2 rings (SSSR count). The molecule has 2 unspecified atom stereocenters. The highest BCUT2D eigenvalue weighted by Gasteiger charge is 2.34. The molecule has 2 atom stereocenters. The number of carbonyl (C=O) groups excluding carboxylic acids is 1. The Labute approximate surface area is 101 Å². The lowest BCUT2D eigenvalue weighted by Gasteiger charge is -2.25. The van der Waals surface area contributed by atoms with Crippen LogP contribution in [0.4, 0.5) is 5.88 Å². The van der Waals surface area contributed by atoms with Crippen molar-refractivity contribution >= 4 is 11.8 Å². The third-order valence-corrected chi connectivity index (χ3v) is 2.89. The van der Waals surface area contributed by atoms with Gasteiger partial charge in [0, 0.05) is 6.42 Å². The van der Waals surface area contributed by atoms with Crippen LogP contribution < -0.4 is 10.6 Å².